The van der Waals surface area contributed by atoms with Crippen LogP contribution in [0, 0.1) is 5.41 Å². The largest absolute Gasteiger partial charge is 0.457 e. The number of anilines is 1. The Labute approximate surface area is 197 Å². The number of carbonyl (C=O) groups excluding carboxylic acids is 2. The highest BCUT2D eigenvalue weighted by Gasteiger charge is 2.15. The summed E-state index contributed by atoms with van der Waals surface area (Å²) in [5, 5.41) is 10.3. The maximum absolute atomic E-state index is 13.0. The Morgan fingerprint density at radius 3 is 2.24 bits per heavy atom. The summed E-state index contributed by atoms with van der Waals surface area (Å²) in [6.45, 7) is 0.186. The zero-order chi connectivity index (χ0) is 23.9. The van der Waals surface area contributed by atoms with Crippen molar-refractivity contribution in [3.8, 4) is 11.1 Å². The van der Waals surface area contributed by atoms with Crippen molar-refractivity contribution in [3.63, 3.8) is 0 Å². The van der Waals surface area contributed by atoms with Crippen molar-refractivity contribution in [1.82, 2.24) is 0 Å². The summed E-state index contributed by atoms with van der Waals surface area (Å²) in [5.41, 5.74) is 9.85. The summed E-state index contributed by atoms with van der Waals surface area (Å²) >= 11 is 0. The quantitative estimate of drug-likeness (QED) is 0.204. The highest BCUT2D eigenvalue weighted by atomic mass is 16.5. The third kappa shape index (κ3) is 5.37. The van der Waals surface area contributed by atoms with Gasteiger partial charge in [-0.1, -0.05) is 60.7 Å². The molecular weight excluding hydrogens is 426 g/mol. The van der Waals surface area contributed by atoms with E-state index in [0.29, 0.717) is 27.9 Å². The van der Waals surface area contributed by atoms with E-state index in [9.17, 15) is 9.59 Å². The number of nitrogen functional groups attached to an aromatic ring is 1. The minimum atomic E-state index is -0.432. The standard InChI is InChI=1S/C28H23N3O3/c29-26(30)20-13-15-23(16-14-20)31-27(32)25-12-5-4-11-24(25)21-9-6-10-22(17-21)28(33)34-18-19-7-2-1-3-8-19/h1-17H,18H2,(H3,29,30)(H,31,32). The average Bonchev–Trinajstić information content (AvgIpc) is 2.88. The van der Waals surface area contributed by atoms with Crippen LogP contribution in [-0.4, -0.2) is 17.7 Å². The van der Waals surface area contributed by atoms with Crippen molar-refractivity contribution in [2.75, 3.05) is 5.32 Å². The molecule has 0 saturated carbocycles. The van der Waals surface area contributed by atoms with Crippen LogP contribution in [0.1, 0.15) is 31.8 Å². The fraction of sp³-hybridized carbons (Fsp3) is 0.0357. The molecule has 0 aliphatic heterocycles. The fourth-order valence-corrected chi connectivity index (χ4v) is 3.48. The number of esters is 1. The number of ether oxygens (including phenoxy) is 1. The first kappa shape index (κ1) is 22.5. The topological polar surface area (TPSA) is 105 Å². The molecule has 0 atom stereocenters. The first-order chi connectivity index (χ1) is 16.5. The van der Waals surface area contributed by atoms with Gasteiger partial charge in [0.2, 0.25) is 0 Å². The van der Waals surface area contributed by atoms with Gasteiger partial charge in [-0.15, -0.1) is 0 Å². The number of nitrogens with one attached hydrogen (secondary N) is 2. The molecule has 0 aliphatic rings. The highest BCUT2D eigenvalue weighted by Crippen LogP contribution is 2.26. The van der Waals surface area contributed by atoms with Gasteiger partial charge in [-0.2, -0.15) is 0 Å². The van der Waals surface area contributed by atoms with Gasteiger partial charge in [-0.25, -0.2) is 4.79 Å². The number of rotatable bonds is 7. The lowest BCUT2D eigenvalue weighted by atomic mass is 9.97. The predicted octanol–water partition coefficient (Wildman–Crippen LogP) is 5.25. The zero-order valence-electron chi connectivity index (χ0n) is 18.3. The maximum atomic E-state index is 13.0. The van der Waals surface area contributed by atoms with E-state index in [2.05, 4.69) is 5.32 Å². The molecule has 0 aliphatic carbocycles. The number of amidine groups is 1. The summed E-state index contributed by atoms with van der Waals surface area (Å²) in [7, 11) is 0. The van der Waals surface area contributed by atoms with E-state index < -0.39 is 5.97 Å². The fourth-order valence-electron chi connectivity index (χ4n) is 3.48. The molecular formula is C28H23N3O3. The van der Waals surface area contributed by atoms with Crippen LogP contribution in [0.15, 0.2) is 103 Å². The lowest BCUT2D eigenvalue weighted by molar-refractivity contribution is 0.0472. The Kier molecular flexibility index (Phi) is 6.79. The highest BCUT2D eigenvalue weighted by molar-refractivity contribution is 6.09. The van der Waals surface area contributed by atoms with E-state index in [1.165, 1.54) is 0 Å². The van der Waals surface area contributed by atoms with Gasteiger partial charge in [0.1, 0.15) is 12.4 Å². The predicted molar refractivity (Wildman–Crippen MR) is 133 cm³/mol. The Bertz CT molecular complexity index is 1330. The van der Waals surface area contributed by atoms with E-state index in [4.69, 9.17) is 15.9 Å². The Morgan fingerprint density at radius 2 is 1.50 bits per heavy atom. The molecule has 4 aromatic carbocycles. The Balaban J connectivity index is 1.53. The Morgan fingerprint density at radius 1 is 0.794 bits per heavy atom. The first-order valence-electron chi connectivity index (χ1n) is 10.7. The monoisotopic (exact) mass is 449 g/mol. The number of hydrogen-bond acceptors (Lipinski definition) is 4. The minimum Gasteiger partial charge on any atom is -0.457 e. The maximum Gasteiger partial charge on any atom is 0.338 e. The number of amides is 1. The lowest BCUT2D eigenvalue weighted by Gasteiger charge is -2.12. The van der Waals surface area contributed by atoms with Crippen molar-refractivity contribution in [3.05, 3.63) is 125 Å². The molecule has 4 aromatic rings. The average molecular weight is 450 g/mol. The van der Waals surface area contributed by atoms with Crippen LogP contribution in [0.2, 0.25) is 0 Å². The molecule has 168 valence electrons. The molecule has 1 amide bonds. The van der Waals surface area contributed by atoms with Gasteiger partial charge in [-0.3, -0.25) is 10.2 Å². The van der Waals surface area contributed by atoms with Crippen molar-refractivity contribution >= 4 is 23.4 Å². The molecule has 0 heterocycles. The van der Waals surface area contributed by atoms with E-state index in [1.807, 2.05) is 48.5 Å². The molecule has 0 bridgehead atoms. The summed E-state index contributed by atoms with van der Waals surface area (Å²) in [6, 6.07) is 30.4. The van der Waals surface area contributed by atoms with Crippen molar-refractivity contribution < 1.29 is 14.3 Å². The summed E-state index contributed by atoms with van der Waals surface area (Å²) in [4.78, 5) is 25.6. The molecule has 0 saturated heterocycles. The van der Waals surface area contributed by atoms with Crippen LogP contribution in [-0.2, 0) is 11.3 Å². The lowest BCUT2D eigenvalue weighted by Crippen LogP contribution is -2.14. The van der Waals surface area contributed by atoms with Gasteiger partial charge in [0.05, 0.1) is 5.56 Å². The van der Waals surface area contributed by atoms with E-state index in [-0.39, 0.29) is 18.3 Å². The molecule has 6 heteroatoms. The Hall–Kier alpha value is -4.71. The molecule has 0 unspecified atom stereocenters. The molecule has 0 spiro atoms. The third-order valence-electron chi connectivity index (χ3n) is 5.25. The van der Waals surface area contributed by atoms with E-state index >= 15 is 0 Å². The molecule has 0 radical (unpaired) electrons. The molecule has 34 heavy (non-hydrogen) atoms. The van der Waals surface area contributed by atoms with E-state index in [0.717, 1.165) is 11.1 Å². The molecule has 4 N–H and O–H groups in total. The van der Waals surface area contributed by atoms with Gasteiger partial charge in [0.15, 0.2) is 0 Å². The molecule has 0 aromatic heterocycles. The molecule has 6 nitrogen and oxygen atoms in total. The zero-order valence-corrected chi connectivity index (χ0v) is 18.3. The number of benzene rings is 4. The normalized spacial score (nSPS) is 10.4. The van der Waals surface area contributed by atoms with Crippen LogP contribution >= 0.6 is 0 Å². The third-order valence-corrected chi connectivity index (χ3v) is 5.25. The van der Waals surface area contributed by atoms with E-state index in [1.54, 1.807) is 54.6 Å². The molecule has 0 fully saturated rings. The van der Waals surface area contributed by atoms with Crippen molar-refractivity contribution in [1.29, 1.82) is 5.41 Å². The number of carbonyl (C=O) groups is 2. The second-order valence-corrected chi connectivity index (χ2v) is 7.63. The first-order valence-corrected chi connectivity index (χ1v) is 10.7. The van der Waals surface area contributed by atoms with Crippen molar-refractivity contribution in [2.24, 2.45) is 5.73 Å². The van der Waals surface area contributed by atoms with Gasteiger partial charge in [-0.05, 0) is 59.2 Å². The van der Waals surface area contributed by atoms with Crippen LogP contribution < -0.4 is 11.1 Å². The van der Waals surface area contributed by atoms with Crippen molar-refractivity contribution in [2.45, 2.75) is 6.61 Å². The minimum absolute atomic E-state index is 0.0367. The molecule has 4 rings (SSSR count). The van der Waals surface area contributed by atoms with Gasteiger partial charge >= 0.3 is 5.97 Å². The SMILES string of the molecule is N=C(N)c1ccc(NC(=O)c2ccccc2-c2cccc(C(=O)OCc3ccccc3)c2)cc1. The van der Waals surface area contributed by atoms with Crippen LogP contribution in [0.25, 0.3) is 11.1 Å². The summed E-state index contributed by atoms with van der Waals surface area (Å²) in [6.07, 6.45) is 0. The smallest absolute Gasteiger partial charge is 0.338 e. The van der Waals surface area contributed by atoms with Gasteiger partial charge < -0.3 is 15.8 Å². The number of nitrogens with two attached hydrogens (primary N) is 1. The summed E-state index contributed by atoms with van der Waals surface area (Å²) < 4.78 is 5.45. The second-order valence-electron chi connectivity index (χ2n) is 7.63. The number of hydrogen-bond donors (Lipinski definition) is 3. The van der Waals surface area contributed by atoms with Gasteiger partial charge in [0.25, 0.3) is 5.91 Å². The summed E-state index contributed by atoms with van der Waals surface area (Å²) in [5.74, 6) is -0.758. The van der Waals surface area contributed by atoms with Gasteiger partial charge in [0, 0.05) is 16.8 Å². The van der Waals surface area contributed by atoms with Crippen LogP contribution in [0.5, 0.6) is 0 Å². The second kappa shape index (κ2) is 10.3. The van der Waals surface area contributed by atoms with Crippen LogP contribution in [0.3, 0.4) is 0 Å². The van der Waals surface area contributed by atoms with Crippen LogP contribution in [0.4, 0.5) is 5.69 Å².